The van der Waals surface area contributed by atoms with E-state index in [1.165, 1.54) is 5.57 Å². The quantitative estimate of drug-likeness (QED) is 0.694. The molecule has 27 heavy (non-hydrogen) atoms. The van der Waals surface area contributed by atoms with Gasteiger partial charge in [0.05, 0.1) is 5.52 Å². The minimum Gasteiger partial charge on any atom is -0.320 e. The number of amides is 2. The molecule has 0 saturated heterocycles. The Balaban J connectivity index is 1.39. The first kappa shape index (κ1) is 15.8. The summed E-state index contributed by atoms with van der Waals surface area (Å²) in [4.78, 5) is 27.0. The topological polar surface area (TPSA) is 78.1 Å². The molecular weight excluding hydrogens is 340 g/mol. The maximum Gasteiger partial charge on any atom is 0.323 e. The van der Waals surface area contributed by atoms with E-state index < -0.39 is 0 Å². The fourth-order valence-electron chi connectivity index (χ4n) is 4.01. The van der Waals surface area contributed by atoms with Gasteiger partial charge in [0.25, 0.3) is 0 Å². The highest BCUT2D eigenvalue weighted by Gasteiger charge is 2.30. The van der Waals surface area contributed by atoms with Crippen molar-refractivity contribution < 1.29 is 9.59 Å². The molecule has 2 aliphatic rings. The molecule has 5 rings (SSSR count). The first-order chi connectivity index (χ1) is 13.2. The summed E-state index contributed by atoms with van der Waals surface area (Å²) < 4.78 is 0. The molecule has 134 valence electrons. The van der Waals surface area contributed by atoms with Crippen LogP contribution in [0.25, 0.3) is 16.5 Å². The lowest BCUT2D eigenvalue weighted by Crippen LogP contribution is -2.41. The van der Waals surface area contributed by atoms with Gasteiger partial charge in [-0.2, -0.15) is 5.10 Å². The van der Waals surface area contributed by atoms with Gasteiger partial charge in [-0.15, -0.1) is 0 Å². The molecular formula is C21H18N4O2. The number of nitrogens with one attached hydrogen (secondary N) is 2. The summed E-state index contributed by atoms with van der Waals surface area (Å²) in [6.45, 7) is 1.10. The number of urea groups is 1. The average Bonchev–Trinajstić information content (AvgIpc) is 3.11. The van der Waals surface area contributed by atoms with E-state index in [0.29, 0.717) is 25.3 Å². The predicted molar refractivity (Wildman–Crippen MR) is 104 cm³/mol. The van der Waals surface area contributed by atoms with Crippen LogP contribution in [0.3, 0.4) is 0 Å². The minimum atomic E-state index is -0.190. The van der Waals surface area contributed by atoms with Crippen molar-refractivity contribution in [3.63, 3.8) is 0 Å². The summed E-state index contributed by atoms with van der Waals surface area (Å²) in [5, 5.41) is 10.9. The number of anilines is 1. The standard InChI is InChI=1S/C21H18N4O2/c26-19-11-13-12-25(10-9-14(13)15-5-1-2-6-16(15)19)21(27)22-20-17-7-3-4-8-18(17)23-24-20/h1-8H,9-12H2,(H2,22,23,24,27). The first-order valence-corrected chi connectivity index (χ1v) is 9.03. The van der Waals surface area contributed by atoms with Gasteiger partial charge in [-0.3, -0.25) is 15.2 Å². The van der Waals surface area contributed by atoms with Crippen molar-refractivity contribution in [3.05, 3.63) is 65.2 Å². The van der Waals surface area contributed by atoms with Crippen molar-refractivity contribution in [1.82, 2.24) is 15.1 Å². The summed E-state index contributed by atoms with van der Waals surface area (Å²) in [6.07, 6.45) is 1.15. The summed E-state index contributed by atoms with van der Waals surface area (Å²) in [7, 11) is 0. The monoisotopic (exact) mass is 358 g/mol. The maximum atomic E-state index is 12.8. The van der Waals surface area contributed by atoms with Gasteiger partial charge in [0.2, 0.25) is 0 Å². The van der Waals surface area contributed by atoms with Gasteiger partial charge in [-0.1, -0.05) is 36.4 Å². The lowest BCUT2D eigenvalue weighted by Gasteiger charge is -2.33. The SMILES string of the molecule is O=C1CC2=C(CCN(C(=O)Nc3n[nH]c4ccccc34)C2)c2ccccc21. The highest BCUT2D eigenvalue weighted by Crippen LogP contribution is 2.36. The number of carbonyl (C=O) groups is 2. The fraction of sp³-hybridized carbons (Fsp3) is 0.190. The number of benzene rings is 2. The third kappa shape index (κ3) is 2.61. The Labute approximate surface area is 155 Å². The van der Waals surface area contributed by atoms with E-state index in [1.807, 2.05) is 48.5 Å². The zero-order chi connectivity index (χ0) is 18.4. The second kappa shape index (κ2) is 6.09. The molecule has 0 bridgehead atoms. The number of ketones is 1. The van der Waals surface area contributed by atoms with E-state index in [4.69, 9.17) is 0 Å². The van der Waals surface area contributed by atoms with Crippen LogP contribution in [-0.4, -0.2) is 40.0 Å². The molecule has 2 amide bonds. The number of rotatable bonds is 1. The van der Waals surface area contributed by atoms with Gasteiger partial charge in [-0.25, -0.2) is 4.79 Å². The molecule has 0 fully saturated rings. The highest BCUT2D eigenvalue weighted by molar-refractivity contribution is 6.06. The zero-order valence-electron chi connectivity index (χ0n) is 14.7. The highest BCUT2D eigenvalue weighted by atomic mass is 16.2. The number of carbonyl (C=O) groups excluding carboxylic acids is 2. The molecule has 6 nitrogen and oxygen atoms in total. The molecule has 0 spiro atoms. The van der Waals surface area contributed by atoms with E-state index in [-0.39, 0.29) is 11.8 Å². The third-order valence-corrected chi connectivity index (χ3v) is 5.35. The van der Waals surface area contributed by atoms with E-state index in [0.717, 1.165) is 34.0 Å². The summed E-state index contributed by atoms with van der Waals surface area (Å²) in [6, 6.07) is 15.2. The van der Waals surface area contributed by atoms with Gasteiger partial charge in [0.15, 0.2) is 11.6 Å². The van der Waals surface area contributed by atoms with E-state index in [1.54, 1.807) is 4.90 Å². The molecule has 6 heteroatoms. The number of fused-ring (bicyclic) bond motifs is 3. The van der Waals surface area contributed by atoms with Crippen molar-refractivity contribution in [1.29, 1.82) is 0 Å². The number of para-hydroxylation sites is 1. The molecule has 0 saturated carbocycles. The van der Waals surface area contributed by atoms with Crippen molar-refractivity contribution in [2.45, 2.75) is 12.8 Å². The molecule has 1 aliphatic heterocycles. The number of hydrogen-bond acceptors (Lipinski definition) is 3. The summed E-state index contributed by atoms with van der Waals surface area (Å²) in [5.41, 5.74) is 4.98. The predicted octanol–water partition coefficient (Wildman–Crippen LogP) is 3.84. The number of Topliss-reactive ketones (excluding diaryl/α,β-unsaturated/α-hetero) is 1. The van der Waals surface area contributed by atoms with Crippen LogP contribution in [0.2, 0.25) is 0 Å². The Morgan fingerprint density at radius 2 is 1.85 bits per heavy atom. The Morgan fingerprint density at radius 1 is 1.07 bits per heavy atom. The van der Waals surface area contributed by atoms with E-state index in [9.17, 15) is 9.59 Å². The van der Waals surface area contributed by atoms with Crippen LogP contribution in [0.15, 0.2) is 54.1 Å². The Hall–Kier alpha value is -3.41. The van der Waals surface area contributed by atoms with E-state index >= 15 is 0 Å². The van der Waals surface area contributed by atoms with Crippen molar-refractivity contribution >= 4 is 34.1 Å². The molecule has 0 unspecified atom stereocenters. The van der Waals surface area contributed by atoms with Gasteiger partial charge < -0.3 is 4.90 Å². The molecule has 2 aromatic carbocycles. The van der Waals surface area contributed by atoms with Gasteiger partial charge in [-0.05, 0) is 35.3 Å². The molecule has 1 aliphatic carbocycles. The summed E-state index contributed by atoms with van der Waals surface area (Å²) >= 11 is 0. The Kier molecular flexibility index (Phi) is 3.57. The maximum absolute atomic E-state index is 12.8. The molecule has 0 atom stereocenters. The van der Waals surface area contributed by atoms with Crippen LogP contribution >= 0.6 is 0 Å². The van der Waals surface area contributed by atoms with Crippen molar-refractivity contribution in [2.24, 2.45) is 0 Å². The lowest BCUT2D eigenvalue weighted by molar-refractivity contribution is 0.0987. The van der Waals surface area contributed by atoms with Crippen molar-refractivity contribution in [2.75, 3.05) is 18.4 Å². The molecule has 0 radical (unpaired) electrons. The van der Waals surface area contributed by atoms with Gasteiger partial charge in [0.1, 0.15) is 0 Å². The van der Waals surface area contributed by atoms with Crippen LogP contribution in [0.5, 0.6) is 0 Å². The number of nitrogens with zero attached hydrogens (tertiary/aromatic N) is 2. The van der Waals surface area contributed by atoms with E-state index in [2.05, 4.69) is 15.5 Å². The second-order valence-electron chi connectivity index (χ2n) is 6.95. The fourth-order valence-corrected chi connectivity index (χ4v) is 4.01. The number of aromatic amines is 1. The minimum absolute atomic E-state index is 0.130. The molecule has 1 aromatic heterocycles. The van der Waals surface area contributed by atoms with Crippen LogP contribution in [0.4, 0.5) is 10.6 Å². The summed E-state index contributed by atoms with van der Waals surface area (Å²) in [5.74, 6) is 0.658. The Bertz CT molecular complexity index is 1110. The first-order valence-electron chi connectivity index (χ1n) is 9.03. The smallest absolute Gasteiger partial charge is 0.320 e. The molecule has 2 N–H and O–H groups in total. The second-order valence-corrected chi connectivity index (χ2v) is 6.95. The van der Waals surface area contributed by atoms with Gasteiger partial charge in [0, 0.05) is 30.5 Å². The Morgan fingerprint density at radius 3 is 2.74 bits per heavy atom. The molecule has 3 aromatic rings. The number of hydrogen-bond donors (Lipinski definition) is 2. The number of H-pyrrole nitrogens is 1. The lowest BCUT2D eigenvalue weighted by atomic mass is 9.81. The van der Waals surface area contributed by atoms with Crippen LogP contribution in [0.1, 0.15) is 28.8 Å². The van der Waals surface area contributed by atoms with Gasteiger partial charge >= 0.3 is 6.03 Å². The molecule has 2 heterocycles. The van der Waals surface area contributed by atoms with Crippen molar-refractivity contribution in [3.8, 4) is 0 Å². The van der Waals surface area contributed by atoms with Crippen LogP contribution < -0.4 is 5.32 Å². The third-order valence-electron chi connectivity index (χ3n) is 5.35. The van der Waals surface area contributed by atoms with Crippen LogP contribution in [-0.2, 0) is 0 Å². The average molecular weight is 358 g/mol. The van der Waals surface area contributed by atoms with Crippen LogP contribution in [0, 0.1) is 0 Å². The number of aromatic nitrogens is 2. The largest absolute Gasteiger partial charge is 0.323 e. The normalized spacial score (nSPS) is 16.3. The zero-order valence-corrected chi connectivity index (χ0v) is 14.7.